The molecule has 2 aliphatic rings. The molecule has 1 heterocycles. The number of ether oxygens (including phenoxy) is 1. The molecule has 2 rings (SSSR count). The molecule has 2 fully saturated rings. The first-order valence-electron chi connectivity index (χ1n) is 5.73. The van der Waals surface area contributed by atoms with E-state index in [2.05, 4.69) is 11.9 Å². The summed E-state index contributed by atoms with van der Waals surface area (Å²) in [6.07, 6.45) is 4.88. The van der Waals surface area contributed by atoms with Crippen LogP contribution in [0.25, 0.3) is 0 Å². The van der Waals surface area contributed by atoms with Crippen molar-refractivity contribution in [1.82, 2.24) is 4.90 Å². The minimum atomic E-state index is 0.0158. The Labute approximate surface area is 86.6 Å². The molecular weight excluding hydrogens is 176 g/mol. The van der Waals surface area contributed by atoms with Crippen LogP contribution in [0.4, 0.5) is 0 Å². The Bertz CT molecular complexity index is 186. The van der Waals surface area contributed by atoms with Gasteiger partial charge in [-0.2, -0.15) is 0 Å². The lowest BCUT2D eigenvalue weighted by atomic mass is 9.91. The quantitative estimate of drug-likeness (QED) is 0.727. The van der Waals surface area contributed by atoms with Crippen molar-refractivity contribution in [3.05, 3.63) is 0 Å². The van der Waals surface area contributed by atoms with E-state index in [0.717, 1.165) is 38.5 Å². The van der Waals surface area contributed by atoms with Gasteiger partial charge in [-0.05, 0) is 38.6 Å². The lowest BCUT2D eigenvalue weighted by molar-refractivity contribution is 0.0406. The van der Waals surface area contributed by atoms with Gasteiger partial charge in [0.05, 0.1) is 0 Å². The smallest absolute Gasteiger partial charge is 0.0484 e. The molecule has 0 aromatic rings. The molecule has 0 spiro atoms. The number of likely N-dealkylation sites (N-methyl/N-ethyl adjacent to an activating group) is 1. The molecule has 0 bridgehead atoms. The monoisotopic (exact) mass is 198 g/mol. The highest BCUT2D eigenvalue weighted by Gasteiger charge is 2.31. The molecule has 1 aliphatic heterocycles. The first-order valence-corrected chi connectivity index (χ1v) is 5.73. The van der Waals surface area contributed by atoms with Crippen LogP contribution < -0.4 is 5.73 Å². The van der Waals surface area contributed by atoms with Crippen LogP contribution in [0.1, 0.15) is 25.7 Å². The van der Waals surface area contributed by atoms with Crippen LogP contribution in [-0.2, 0) is 4.74 Å². The van der Waals surface area contributed by atoms with Gasteiger partial charge in [0.25, 0.3) is 0 Å². The largest absolute Gasteiger partial charge is 0.381 e. The third kappa shape index (κ3) is 2.94. The number of hydrogen-bond donors (Lipinski definition) is 1. The highest BCUT2D eigenvalue weighted by Crippen LogP contribution is 2.30. The van der Waals surface area contributed by atoms with Crippen LogP contribution >= 0.6 is 0 Å². The zero-order valence-electron chi connectivity index (χ0n) is 9.17. The first kappa shape index (κ1) is 10.4. The SMILES string of the molecule is CN(CC1CC1)CC1(N)CCOCC1. The van der Waals surface area contributed by atoms with Crippen molar-refractivity contribution < 1.29 is 4.74 Å². The molecule has 14 heavy (non-hydrogen) atoms. The molecule has 1 saturated heterocycles. The van der Waals surface area contributed by atoms with Gasteiger partial charge in [-0.1, -0.05) is 0 Å². The second-order valence-corrected chi connectivity index (χ2v) is 5.11. The number of rotatable bonds is 4. The zero-order chi connectivity index (χ0) is 10.0. The van der Waals surface area contributed by atoms with Crippen molar-refractivity contribution in [3.63, 3.8) is 0 Å². The molecule has 1 saturated carbocycles. The molecule has 3 heteroatoms. The molecule has 2 N–H and O–H groups in total. The van der Waals surface area contributed by atoms with Gasteiger partial charge in [0.15, 0.2) is 0 Å². The van der Waals surface area contributed by atoms with E-state index < -0.39 is 0 Å². The number of nitrogens with two attached hydrogens (primary N) is 1. The normalized spacial score (nSPS) is 26.8. The topological polar surface area (TPSA) is 38.5 Å². The molecule has 0 aromatic carbocycles. The highest BCUT2D eigenvalue weighted by molar-refractivity contribution is 4.90. The Hall–Kier alpha value is -0.120. The van der Waals surface area contributed by atoms with E-state index in [-0.39, 0.29) is 5.54 Å². The predicted octanol–water partition coefficient (Wildman–Crippen LogP) is 0.836. The van der Waals surface area contributed by atoms with E-state index >= 15 is 0 Å². The van der Waals surface area contributed by atoms with E-state index in [1.54, 1.807) is 0 Å². The van der Waals surface area contributed by atoms with Crippen LogP contribution in [0.15, 0.2) is 0 Å². The van der Waals surface area contributed by atoms with Crippen molar-refractivity contribution in [2.24, 2.45) is 11.7 Å². The third-order valence-electron chi connectivity index (χ3n) is 3.34. The molecule has 1 aliphatic carbocycles. The van der Waals surface area contributed by atoms with Gasteiger partial charge in [-0.15, -0.1) is 0 Å². The van der Waals surface area contributed by atoms with Crippen molar-refractivity contribution in [2.45, 2.75) is 31.2 Å². The van der Waals surface area contributed by atoms with Crippen molar-refractivity contribution in [2.75, 3.05) is 33.4 Å². The van der Waals surface area contributed by atoms with Gasteiger partial charge >= 0.3 is 0 Å². The molecule has 0 aromatic heterocycles. The van der Waals surface area contributed by atoms with Crippen LogP contribution in [0.5, 0.6) is 0 Å². The summed E-state index contributed by atoms with van der Waals surface area (Å²) >= 11 is 0. The summed E-state index contributed by atoms with van der Waals surface area (Å²) in [4.78, 5) is 2.41. The van der Waals surface area contributed by atoms with Crippen LogP contribution in [-0.4, -0.2) is 43.8 Å². The molecule has 0 amide bonds. The first-order chi connectivity index (χ1) is 6.68. The average molecular weight is 198 g/mol. The lowest BCUT2D eigenvalue weighted by Crippen LogP contribution is -2.53. The molecule has 3 nitrogen and oxygen atoms in total. The Balaban J connectivity index is 1.75. The van der Waals surface area contributed by atoms with Crippen molar-refractivity contribution in [3.8, 4) is 0 Å². The second kappa shape index (κ2) is 4.17. The maximum atomic E-state index is 6.33. The van der Waals surface area contributed by atoms with Gasteiger partial charge in [0, 0.05) is 31.8 Å². The number of hydrogen-bond acceptors (Lipinski definition) is 3. The third-order valence-corrected chi connectivity index (χ3v) is 3.34. The molecular formula is C11H22N2O. The minimum absolute atomic E-state index is 0.0158. The summed E-state index contributed by atoms with van der Waals surface area (Å²) in [7, 11) is 2.20. The fraction of sp³-hybridized carbons (Fsp3) is 1.00. The van der Waals surface area contributed by atoms with Gasteiger partial charge < -0.3 is 15.4 Å². The summed E-state index contributed by atoms with van der Waals surface area (Å²) in [6.45, 7) is 3.95. The fourth-order valence-corrected chi connectivity index (χ4v) is 2.28. The Kier molecular flexibility index (Phi) is 3.10. The molecule has 0 unspecified atom stereocenters. The van der Waals surface area contributed by atoms with Gasteiger partial charge in [-0.3, -0.25) is 0 Å². The van der Waals surface area contributed by atoms with Gasteiger partial charge in [0.2, 0.25) is 0 Å². The highest BCUT2D eigenvalue weighted by atomic mass is 16.5. The fourth-order valence-electron chi connectivity index (χ4n) is 2.28. The predicted molar refractivity (Wildman–Crippen MR) is 57.2 cm³/mol. The summed E-state index contributed by atoms with van der Waals surface area (Å²) in [6, 6.07) is 0. The van der Waals surface area contributed by atoms with Crippen molar-refractivity contribution >= 4 is 0 Å². The lowest BCUT2D eigenvalue weighted by Gasteiger charge is -2.36. The second-order valence-electron chi connectivity index (χ2n) is 5.11. The summed E-state index contributed by atoms with van der Waals surface area (Å²) in [5.74, 6) is 0.962. The molecule has 0 atom stereocenters. The molecule has 0 radical (unpaired) electrons. The minimum Gasteiger partial charge on any atom is -0.381 e. The van der Waals surface area contributed by atoms with Crippen LogP contribution in [0.3, 0.4) is 0 Å². The molecule has 82 valence electrons. The van der Waals surface area contributed by atoms with Crippen molar-refractivity contribution in [1.29, 1.82) is 0 Å². The van der Waals surface area contributed by atoms with Gasteiger partial charge in [-0.25, -0.2) is 0 Å². The van der Waals surface area contributed by atoms with Gasteiger partial charge in [0.1, 0.15) is 0 Å². The standard InChI is InChI=1S/C11H22N2O/c1-13(8-10-2-3-10)9-11(12)4-6-14-7-5-11/h10H,2-9,12H2,1H3. The van der Waals surface area contributed by atoms with E-state index in [0.29, 0.717) is 0 Å². The van der Waals surface area contributed by atoms with E-state index in [1.807, 2.05) is 0 Å². The van der Waals surface area contributed by atoms with E-state index in [9.17, 15) is 0 Å². The maximum absolute atomic E-state index is 6.33. The average Bonchev–Trinajstić information content (AvgIpc) is 2.88. The summed E-state index contributed by atoms with van der Waals surface area (Å²) < 4.78 is 5.34. The maximum Gasteiger partial charge on any atom is 0.0484 e. The Morgan fingerprint density at radius 3 is 2.57 bits per heavy atom. The van der Waals surface area contributed by atoms with E-state index in [1.165, 1.54) is 19.4 Å². The van der Waals surface area contributed by atoms with Crippen LogP contribution in [0.2, 0.25) is 0 Å². The summed E-state index contributed by atoms with van der Waals surface area (Å²) in [5.41, 5.74) is 6.35. The van der Waals surface area contributed by atoms with Crippen LogP contribution in [0, 0.1) is 5.92 Å². The number of nitrogens with zero attached hydrogens (tertiary/aromatic N) is 1. The Morgan fingerprint density at radius 1 is 1.36 bits per heavy atom. The van der Waals surface area contributed by atoms with E-state index in [4.69, 9.17) is 10.5 Å². The Morgan fingerprint density at radius 2 is 2.00 bits per heavy atom. The summed E-state index contributed by atoms with van der Waals surface area (Å²) in [5, 5.41) is 0. The zero-order valence-corrected chi connectivity index (χ0v) is 9.17.